The van der Waals surface area contributed by atoms with Crippen LogP contribution in [-0.2, 0) is 12.7 Å². The highest BCUT2D eigenvalue weighted by Gasteiger charge is 2.36. The van der Waals surface area contributed by atoms with Crippen molar-refractivity contribution in [1.29, 1.82) is 0 Å². The predicted octanol–water partition coefficient (Wildman–Crippen LogP) is 2.27. The molecule has 1 aromatic heterocycles. The molecular weight excluding hydrogens is 209 g/mol. The molecule has 0 saturated carbocycles. The van der Waals surface area contributed by atoms with E-state index in [1.807, 2.05) is 0 Å². The van der Waals surface area contributed by atoms with E-state index in [1.54, 1.807) is 0 Å². The van der Waals surface area contributed by atoms with Crippen molar-refractivity contribution in [2.75, 3.05) is 0 Å². The van der Waals surface area contributed by atoms with Crippen molar-refractivity contribution >= 4 is 0 Å². The van der Waals surface area contributed by atoms with Crippen molar-refractivity contribution in [2.45, 2.75) is 45.3 Å². The lowest BCUT2D eigenvalue weighted by Gasteiger charge is -1.99. The van der Waals surface area contributed by atoms with Crippen LogP contribution in [-0.4, -0.2) is 20.2 Å². The van der Waals surface area contributed by atoms with Crippen LogP contribution >= 0.6 is 0 Å². The molecule has 0 amide bonds. The van der Waals surface area contributed by atoms with Gasteiger partial charge in [-0.15, -0.1) is 10.2 Å². The Morgan fingerprint density at radius 2 is 1.93 bits per heavy atom. The highest BCUT2D eigenvalue weighted by molar-refractivity contribution is 4.82. The van der Waals surface area contributed by atoms with Crippen LogP contribution in [0.25, 0.3) is 0 Å². The summed E-state index contributed by atoms with van der Waals surface area (Å²) in [7, 11) is 0. The van der Waals surface area contributed by atoms with Gasteiger partial charge < -0.3 is 0 Å². The molecule has 0 radical (unpaired) electrons. The third-order valence-corrected chi connectivity index (χ3v) is 1.92. The maximum absolute atomic E-state index is 12.1. The minimum Gasteiger partial charge on any atom is -0.164 e. The van der Waals surface area contributed by atoms with Crippen molar-refractivity contribution < 1.29 is 13.2 Å². The maximum Gasteiger partial charge on any atom is 0.455 e. The third-order valence-electron chi connectivity index (χ3n) is 1.92. The molecule has 1 rings (SSSR count). The molecule has 0 bridgehead atoms. The van der Waals surface area contributed by atoms with Gasteiger partial charge in [0.15, 0.2) is 0 Å². The lowest BCUT2D eigenvalue weighted by atomic mass is 10.2. The van der Waals surface area contributed by atoms with Crippen LogP contribution in [0.1, 0.15) is 38.4 Å². The topological polar surface area (TPSA) is 43.6 Å². The molecule has 0 aromatic carbocycles. The van der Waals surface area contributed by atoms with Gasteiger partial charge in [0.05, 0.1) is 6.54 Å². The Hall–Kier alpha value is -1.14. The van der Waals surface area contributed by atoms with E-state index in [0.29, 0.717) is 6.54 Å². The normalized spacial score (nSPS) is 12.0. The van der Waals surface area contributed by atoms with Crippen LogP contribution in [0.3, 0.4) is 0 Å². The molecule has 4 nitrogen and oxygen atoms in total. The molecule has 1 heterocycles. The summed E-state index contributed by atoms with van der Waals surface area (Å²) in [6.07, 6.45) is -0.595. The van der Waals surface area contributed by atoms with Crippen molar-refractivity contribution in [3.05, 3.63) is 5.82 Å². The second-order valence-electron chi connectivity index (χ2n) is 3.27. The molecule has 15 heavy (non-hydrogen) atoms. The van der Waals surface area contributed by atoms with Crippen LogP contribution in [0.4, 0.5) is 13.2 Å². The summed E-state index contributed by atoms with van der Waals surface area (Å²) >= 11 is 0. The molecule has 0 spiro atoms. The molecule has 0 aliphatic carbocycles. The lowest BCUT2D eigenvalue weighted by molar-refractivity contribution is -0.145. The van der Waals surface area contributed by atoms with Gasteiger partial charge in [0, 0.05) is 0 Å². The van der Waals surface area contributed by atoms with E-state index in [-0.39, 0.29) is 0 Å². The molecule has 0 saturated heterocycles. The predicted molar refractivity (Wildman–Crippen MR) is 47.0 cm³/mol. The Morgan fingerprint density at radius 1 is 1.20 bits per heavy atom. The van der Waals surface area contributed by atoms with Crippen molar-refractivity contribution in [3.8, 4) is 0 Å². The Labute approximate surface area is 85.5 Å². The van der Waals surface area contributed by atoms with E-state index in [0.717, 1.165) is 30.5 Å². The van der Waals surface area contributed by atoms with Gasteiger partial charge in [0.1, 0.15) is 0 Å². The smallest absolute Gasteiger partial charge is 0.164 e. The van der Waals surface area contributed by atoms with E-state index in [1.165, 1.54) is 0 Å². The number of hydrogen-bond donors (Lipinski definition) is 0. The van der Waals surface area contributed by atoms with Gasteiger partial charge in [-0.3, -0.25) is 0 Å². The zero-order valence-corrected chi connectivity index (χ0v) is 8.46. The molecule has 0 fully saturated rings. The summed E-state index contributed by atoms with van der Waals surface area (Å²) in [5.41, 5.74) is 0. The molecule has 0 atom stereocenters. The summed E-state index contributed by atoms with van der Waals surface area (Å²) in [4.78, 5) is 0.998. The number of rotatable bonds is 5. The minimum atomic E-state index is -4.50. The molecule has 86 valence electrons. The largest absolute Gasteiger partial charge is 0.455 e. The number of hydrogen-bond acceptors (Lipinski definition) is 3. The maximum atomic E-state index is 12.1. The Morgan fingerprint density at radius 3 is 2.47 bits per heavy atom. The lowest BCUT2D eigenvalue weighted by Crippen LogP contribution is -2.09. The minimum absolute atomic E-state index is 0.392. The van der Waals surface area contributed by atoms with Crippen molar-refractivity contribution in [3.63, 3.8) is 0 Å². The number of aromatic nitrogens is 4. The second kappa shape index (κ2) is 5.09. The average Bonchev–Trinajstić information content (AvgIpc) is 2.60. The van der Waals surface area contributed by atoms with Gasteiger partial charge in [-0.05, 0) is 11.6 Å². The van der Waals surface area contributed by atoms with Gasteiger partial charge in [0.25, 0.3) is 5.82 Å². The summed E-state index contributed by atoms with van der Waals surface area (Å²) in [6, 6.07) is 0. The van der Waals surface area contributed by atoms with Crippen molar-refractivity contribution in [2.24, 2.45) is 0 Å². The number of halogens is 3. The highest BCUT2D eigenvalue weighted by Crippen LogP contribution is 2.24. The first-order chi connectivity index (χ1) is 7.04. The van der Waals surface area contributed by atoms with E-state index >= 15 is 0 Å². The molecule has 0 N–H and O–H groups in total. The first kappa shape index (κ1) is 11.9. The van der Waals surface area contributed by atoms with Gasteiger partial charge in [-0.2, -0.15) is 18.0 Å². The highest BCUT2D eigenvalue weighted by atomic mass is 19.4. The van der Waals surface area contributed by atoms with Crippen LogP contribution in [0.5, 0.6) is 0 Å². The zero-order valence-electron chi connectivity index (χ0n) is 8.46. The van der Waals surface area contributed by atoms with Crippen LogP contribution < -0.4 is 0 Å². The molecule has 1 aromatic rings. The fourth-order valence-electron chi connectivity index (χ4n) is 1.13. The van der Waals surface area contributed by atoms with Gasteiger partial charge in [-0.1, -0.05) is 26.2 Å². The van der Waals surface area contributed by atoms with Gasteiger partial charge >= 0.3 is 6.18 Å². The summed E-state index contributed by atoms with van der Waals surface area (Å²) < 4.78 is 36.2. The SMILES string of the molecule is CCCCCCn1nnc(C(F)(F)F)n1. The van der Waals surface area contributed by atoms with E-state index in [2.05, 4.69) is 22.3 Å². The van der Waals surface area contributed by atoms with Gasteiger partial charge in [-0.25, -0.2) is 0 Å². The summed E-state index contributed by atoms with van der Waals surface area (Å²) in [5, 5.41) is 9.53. The standard InChI is InChI=1S/C8H13F3N4/c1-2-3-4-5-6-15-13-7(12-14-15)8(9,10)11/h2-6H2,1H3. The van der Waals surface area contributed by atoms with E-state index in [9.17, 15) is 13.2 Å². The quantitative estimate of drug-likeness (QED) is 0.718. The first-order valence-electron chi connectivity index (χ1n) is 4.89. The van der Waals surface area contributed by atoms with Crippen molar-refractivity contribution in [1.82, 2.24) is 20.2 Å². The van der Waals surface area contributed by atoms with E-state index < -0.39 is 12.0 Å². The third kappa shape index (κ3) is 3.85. The second-order valence-corrected chi connectivity index (χ2v) is 3.27. The number of nitrogens with zero attached hydrogens (tertiary/aromatic N) is 4. The monoisotopic (exact) mass is 222 g/mol. The Bertz CT molecular complexity index is 294. The molecule has 0 unspecified atom stereocenters. The number of alkyl halides is 3. The first-order valence-corrected chi connectivity index (χ1v) is 4.89. The average molecular weight is 222 g/mol. The number of aryl methyl sites for hydroxylation is 1. The van der Waals surface area contributed by atoms with Crippen LogP contribution in [0.2, 0.25) is 0 Å². The Kier molecular flexibility index (Phi) is 4.05. The van der Waals surface area contributed by atoms with Gasteiger partial charge in [0.2, 0.25) is 0 Å². The molecule has 0 aliphatic heterocycles. The summed E-state index contributed by atoms with van der Waals surface area (Å²) in [5.74, 6) is -1.17. The van der Waals surface area contributed by atoms with Crippen LogP contribution in [0.15, 0.2) is 0 Å². The molecule has 7 heteroatoms. The number of unbranched alkanes of at least 4 members (excludes halogenated alkanes) is 3. The van der Waals surface area contributed by atoms with E-state index in [4.69, 9.17) is 0 Å². The summed E-state index contributed by atoms with van der Waals surface area (Å²) in [6.45, 7) is 2.46. The molecular formula is C8H13F3N4. The van der Waals surface area contributed by atoms with Crippen LogP contribution in [0, 0.1) is 0 Å². The fraction of sp³-hybridized carbons (Fsp3) is 0.875. The Balaban J connectivity index is 2.40. The zero-order chi connectivity index (χ0) is 11.3. The number of tetrazole rings is 1. The molecule has 0 aliphatic rings. The fourth-order valence-corrected chi connectivity index (χ4v) is 1.13.